The Kier molecular flexibility index (Phi) is 4.46. The van der Waals surface area contributed by atoms with Crippen LogP contribution in [0.1, 0.15) is 35.1 Å². The Morgan fingerprint density at radius 2 is 2.15 bits per heavy atom. The van der Waals surface area contributed by atoms with Crippen molar-refractivity contribution in [3.05, 3.63) is 21.4 Å². The Labute approximate surface area is 127 Å². The van der Waals surface area contributed by atoms with Gasteiger partial charge in [-0.25, -0.2) is 0 Å². The molecule has 0 spiro atoms. The van der Waals surface area contributed by atoms with Gasteiger partial charge in [-0.15, -0.1) is 11.3 Å². The number of hydrogen-bond acceptors (Lipinski definition) is 4. The summed E-state index contributed by atoms with van der Waals surface area (Å²) in [6.07, 6.45) is 2.74. The first-order valence-electron chi connectivity index (χ1n) is 7.86. The summed E-state index contributed by atoms with van der Waals surface area (Å²) < 4.78 is 0. The molecule has 2 aliphatic rings. The highest BCUT2D eigenvalue weighted by Gasteiger charge is 2.22. The van der Waals surface area contributed by atoms with E-state index in [1.807, 2.05) is 11.3 Å². The molecule has 1 aliphatic carbocycles. The summed E-state index contributed by atoms with van der Waals surface area (Å²) in [5.41, 5.74) is 1.54. The fraction of sp³-hybridized carbons (Fsp3) is 0.750. The second-order valence-electron chi connectivity index (χ2n) is 6.51. The molecular weight excluding hydrogens is 266 g/mol. The quantitative estimate of drug-likeness (QED) is 0.899. The summed E-state index contributed by atoms with van der Waals surface area (Å²) in [5, 5.41) is 3.62. The van der Waals surface area contributed by atoms with E-state index >= 15 is 0 Å². The van der Waals surface area contributed by atoms with Crippen molar-refractivity contribution in [1.29, 1.82) is 0 Å². The zero-order chi connectivity index (χ0) is 14.1. The summed E-state index contributed by atoms with van der Waals surface area (Å²) in [4.78, 5) is 8.08. The molecule has 0 aromatic carbocycles. The summed E-state index contributed by atoms with van der Waals surface area (Å²) in [6.45, 7) is 10.4. The van der Waals surface area contributed by atoms with Crippen molar-refractivity contribution in [2.24, 2.45) is 0 Å². The van der Waals surface area contributed by atoms with Crippen LogP contribution in [0.25, 0.3) is 0 Å². The molecular formula is C16H27N3S. The third-order valence-corrected chi connectivity index (χ3v) is 5.74. The van der Waals surface area contributed by atoms with Gasteiger partial charge in [0, 0.05) is 54.6 Å². The van der Waals surface area contributed by atoms with Gasteiger partial charge in [0.25, 0.3) is 0 Å². The van der Waals surface area contributed by atoms with E-state index in [1.165, 1.54) is 42.2 Å². The molecule has 3 rings (SSSR count). The van der Waals surface area contributed by atoms with Crippen LogP contribution in [0.5, 0.6) is 0 Å². The van der Waals surface area contributed by atoms with Gasteiger partial charge in [-0.1, -0.05) is 0 Å². The maximum Gasteiger partial charge on any atom is 0.0302 e. The van der Waals surface area contributed by atoms with Gasteiger partial charge in [0.2, 0.25) is 0 Å². The van der Waals surface area contributed by atoms with E-state index in [2.05, 4.69) is 42.1 Å². The first-order valence-corrected chi connectivity index (χ1v) is 8.67. The lowest BCUT2D eigenvalue weighted by molar-refractivity contribution is 0.0999. The van der Waals surface area contributed by atoms with Gasteiger partial charge in [0.1, 0.15) is 0 Å². The Hall–Kier alpha value is -0.420. The third kappa shape index (κ3) is 3.61. The predicted octanol–water partition coefficient (Wildman–Crippen LogP) is 2.44. The molecule has 4 heteroatoms. The van der Waals surface area contributed by atoms with Crippen LogP contribution in [0.2, 0.25) is 0 Å². The molecule has 0 bridgehead atoms. The molecule has 1 N–H and O–H groups in total. The van der Waals surface area contributed by atoms with Crippen molar-refractivity contribution in [1.82, 2.24) is 15.1 Å². The van der Waals surface area contributed by atoms with E-state index in [4.69, 9.17) is 0 Å². The van der Waals surface area contributed by atoms with Gasteiger partial charge in [0.05, 0.1) is 0 Å². The summed E-state index contributed by atoms with van der Waals surface area (Å²) in [5.74, 6) is 0. The number of piperazine rings is 1. The fourth-order valence-electron chi connectivity index (χ4n) is 2.87. The SMILES string of the molecule is Cc1sc(CNC2CC2)cc1CN1CCN(C)C(C)C1. The lowest BCUT2D eigenvalue weighted by Gasteiger charge is -2.37. The van der Waals surface area contributed by atoms with Crippen LogP contribution in [0, 0.1) is 6.92 Å². The van der Waals surface area contributed by atoms with Crippen molar-refractivity contribution in [2.45, 2.75) is 51.9 Å². The molecule has 1 unspecified atom stereocenters. The van der Waals surface area contributed by atoms with Gasteiger partial charge in [-0.3, -0.25) is 4.90 Å². The van der Waals surface area contributed by atoms with Crippen LogP contribution < -0.4 is 5.32 Å². The zero-order valence-electron chi connectivity index (χ0n) is 13.0. The average molecular weight is 293 g/mol. The number of nitrogens with one attached hydrogen (secondary N) is 1. The van der Waals surface area contributed by atoms with Crippen molar-refractivity contribution in [3.63, 3.8) is 0 Å². The molecule has 2 heterocycles. The topological polar surface area (TPSA) is 18.5 Å². The fourth-order valence-corrected chi connectivity index (χ4v) is 3.88. The van der Waals surface area contributed by atoms with Crippen molar-refractivity contribution in [3.8, 4) is 0 Å². The van der Waals surface area contributed by atoms with Gasteiger partial charge in [-0.05, 0) is 45.4 Å². The molecule has 1 saturated heterocycles. The number of rotatable bonds is 5. The van der Waals surface area contributed by atoms with E-state index in [1.54, 1.807) is 5.56 Å². The van der Waals surface area contributed by atoms with E-state index in [-0.39, 0.29) is 0 Å². The van der Waals surface area contributed by atoms with Crippen LogP contribution in [-0.2, 0) is 13.1 Å². The lowest BCUT2D eigenvalue weighted by atomic mass is 10.1. The summed E-state index contributed by atoms with van der Waals surface area (Å²) in [7, 11) is 2.24. The second-order valence-corrected chi connectivity index (χ2v) is 7.85. The van der Waals surface area contributed by atoms with Crippen LogP contribution in [0.15, 0.2) is 6.07 Å². The Morgan fingerprint density at radius 1 is 1.35 bits per heavy atom. The summed E-state index contributed by atoms with van der Waals surface area (Å²) in [6, 6.07) is 3.91. The number of hydrogen-bond donors (Lipinski definition) is 1. The van der Waals surface area contributed by atoms with Gasteiger partial charge in [0.15, 0.2) is 0 Å². The predicted molar refractivity (Wildman–Crippen MR) is 86.3 cm³/mol. The van der Waals surface area contributed by atoms with Crippen molar-refractivity contribution in [2.75, 3.05) is 26.7 Å². The largest absolute Gasteiger partial charge is 0.309 e. The molecule has 2 fully saturated rings. The van der Waals surface area contributed by atoms with E-state index in [9.17, 15) is 0 Å². The molecule has 1 aromatic rings. The van der Waals surface area contributed by atoms with Crippen molar-refractivity contribution >= 4 is 11.3 Å². The highest BCUT2D eigenvalue weighted by atomic mass is 32.1. The minimum atomic E-state index is 0.679. The molecule has 3 nitrogen and oxygen atoms in total. The first kappa shape index (κ1) is 14.5. The highest BCUT2D eigenvalue weighted by Crippen LogP contribution is 2.25. The van der Waals surface area contributed by atoms with Crippen LogP contribution in [-0.4, -0.2) is 48.6 Å². The molecule has 1 aromatic heterocycles. The Morgan fingerprint density at radius 3 is 2.85 bits per heavy atom. The Balaban J connectivity index is 1.56. The van der Waals surface area contributed by atoms with E-state index in [0.29, 0.717) is 6.04 Å². The maximum atomic E-state index is 3.62. The van der Waals surface area contributed by atoms with Crippen LogP contribution in [0.4, 0.5) is 0 Å². The average Bonchev–Trinajstić information content (AvgIpc) is 3.17. The molecule has 0 amide bonds. The van der Waals surface area contributed by atoms with Gasteiger partial charge in [-0.2, -0.15) is 0 Å². The minimum absolute atomic E-state index is 0.679. The van der Waals surface area contributed by atoms with Crippen LogP contribution in [0.3, 0.4) is 0 Å². The molecule has 1 atom stereocenters. The third-order valence-electron chi connectivity index (χ3n) is 4.65. The molecule has 20 heavy (non-hydrogen) atoms. The minimum Gasteiger partial charge on any atom is -0.309 e. The van der Waals surface area contributed by atoms with E-state index in [0.717, 1.165) is 19.1 Å². The molecule has 0 radical (unpaired) electrons. The highest BCUT2D eigenvalue weighted by molar-refractivity contribution is 7.12. The number of aryl methyl sites for hydroxylation is 1. The smallest absolute Gasteiger partial charge is 0.0302 e. The second kappa shape index (κ2) is 6.14. The van der Waals surface area contributed by atoms with Gasteiger partial charge < -0.3 is 10.2 Å². The lowest BCUT2D eigenvalue weighted by Crippen LogP contribution is -2.49. The monoisotopic (exact) mass is 293 g/mol. The Bertz CT molecular complexity index is 453. The van der Waals surface area contributed by atoms with E-state index < -0.39 is 0 Å². The molecule has 112 valence electrons. The zero-order valence-corrected chi connectivity index (χ0v) is 13.8. The van der Waals surface area contributed by atoms with Crippen LogP contribution >= 0.6 is 11.3 Å². The standard InChI is InChI=1S/C16H27N3S/c1-12-10-19(7-6-18(12)3)11-14-8-16(20-13(14)2)9-17-15-4-5-15/h8,12,15,17H,4-7,9-11H2,1-3H3. The summed E-state index contributed by atoms with van der Waals surface area (Å²) >= 11 is 1.97. The molecule has 1 aliphatic heterocycles. The first-order chi connectivity index (χ1) is 9.61. The van der Waals surface area contributed by atoms with Gasteiger partial charge >= 0.3 is 0 Å². The van der Waals surface area contributed by atoms with Crippen molar-refractivity contribution < 1.29 is 0 Å². The maximum absolute atomic E-state index is 3.62. The normalized spacial score (nSPS) is 25.2. The number of thiophene rings is 1. The number of likely N-dealkylation sites (N-methyl/N-ethyl adjacent to an activating group) is 1. The number of nitrogens with zero attached hydrogens (tertiary/aromatic N) is 2. The molecule has 1 saturated carbocycles.